The molecule has 4 heteroatoms. The van der Waals surface area contributed by atoms with Crippen LogP contribution in [0, 0.1) is 6.92 Å². The summed E-state index contributed by atoms with van der Waals surface area (Å²) in [5.41, 5.74) is 5.58. The molecule has 1 fully saturated rings. The van der Waals surface area contributed by atoms with Crippen LogP contribution in [0.4, 0.5) is 0 Å². The van der Waals surface area contributed by atoms with E-state index in [1.165, 1.54) is 10.6 Å². The Hall–Kier alpha value is -2.62. The monoisotopic (exact) mass is 294 g/mol. The maximum Gasteiger partial charge on any atom is 0.269 e. The molecule has 112 valence electrons. The average molecular weight is 294 g/mol. The van der Waals surface area contributed by atoms with Gasteiger partial charge in [0.05, 0.1) is 0 Å². The molecule has 0 radical (unpaired) electrons. The molecule has 0 spiro atoms. The van der Waals surface area contributed by atoms with Crippen molar-refractivity contribution in [2.24, 2.45) is 0 Å². The van der Waals surface area contributed by atoms with Gasteiger partial charge in [-0.2, -0.15) is 0 Å². The van der Waals surface area contributed by atoms with E-state index in [2.05, 4.69) is 17.6 Å². The summed E-state index contributed by atoms with van der Waals surface area (Å²) in [6.07, 6.45) is 0.429. The van der Waals surface area contributed by atoms with Gasteiger partial charge in [0.25, 0.3) is 5.91 Å². The van der Waals surface area contributed by atoms with Crippen molar-refractivity contribution in [2.75, 3.05) is 6.54 Å². The van der Waals surface area contributed by atoms with Crippen molar-refractivity contribution < 1.29 is 9.59 Å². The third kappa shape index (κ3) is 3.01. The molecule has 1 N–H and O–H groups in total. The molecule has 0 saturated carbocycles. The number of nitrogens with one attached hydrogen (secondary N) is 1. The van der Waals surface area contributed by atoms with Gasteiger partial charge in [-0.1, -0.05) is 48.0 Å². The van der Waals surface area contributed by atoms with Gasteiger partial charge in [0.15, 0.2) is 0 Å². The zero-order valence-corrected chi connectivity index (χ0v) is 12.5. The summed E-state index contributed by atoms with van der Waals surface area (Å²) < 4.78 is 0. The predicted molar refractivity (Wildman–Crippen MR) is 84.2 cm³/mol. The smallest absolute Gasteiger partial charge is 0.269 e. The quantitative estimate of drug-likeness (QED) is 0.946. The summed E-state index contributed by atoms with van der Waals surface area (Å²) in [7, 11) is 0. The molecule has 22 heavy (non-hydrogen) atoms. The zero-order chi connectivity index (χ0) is 15.5. The summed E-state index contributed by atoms with van der Waals surface area (Å²) >= 11 is 0. The van der Waals surface area contributed by atoms with Gasteiger partial charge in [-0.15, -0.1) is 0 Å². The van der Waals surface area contributed by atoms with Gasteiger partial charge in [0.1, 0.15) is 0 Å². The number of nitrogens with zero attached hydrogens (tertiary/aromatic N) is 1. The first kappa shape index (κ1) is 14.3. The molecule has 3 rings (SSSR count). The van der Waals surface area contributed by atoms with Crippen LogP contribution in [-0.4, -0.2) is 23.4 Å². The first-order chi connectivity index (χ1) is 10.6. The van der Waals surface area contributed by atoms with Crippen molar-refractivity contribution in [1.82, 2.24) is 10.4 Å². The average Bonchev–Trinajstić information content (AvgIpc) is 2.90. The van der Waals surface area contributed by atoms with E-state index in [9.17, 15) is 9.59 Å². The first-order valence-corrected chi connectivity index (χ1v) is 7.36. The van der Waals surface area contributed by atoms with E-state index >= 15 is 0 Å². The van der Waals surface area contributed by atoms with Crippen LogP contribution >= 0.6 is 0 Å². The van der Waals surface area contributed by atoms with E-state index in [1.807, 2.05) is 25.1 Å². The number of carbonyl (C=O) groups is 2. The Bertz CT molecular complexity index is 680. The predicted octanol–water partition coefficient (Wildman–Crippen LogP) is 2.66. The van der Waals surface area contributed by atoms with Crippen molar-refractivity contribution in [1.29, 1.82) is 0 Å². The Balaban J connectivity index is 1.67. The Kier molecular flexibility index (Phi) is 3.92. The molecule has 0 aliphatic carbocycles. The van der Waals surface area contributed by atoms with Crippen LogP contribution in [0.15, 0.2) is 54.6 Å². The minimum absolute atomic E-state index is 0.0464. The molecule has 1 atom stereocenters. The normalized spacial score (nSPS) is 17.6. The second kappa shape index (κ2) is 6.02. The number of rotatable bonds is 3. The van der Waals surface area contributed by atoms with Crippen LogP contribution in [0.2, 0.25) is 0 Å². The zero-order valence-electron chi connectivity index (χ0n) is 12.5. The van der Waals surface area contributed by atoms with Crippen molar-refractivity contribution in [3.8, 4) is 0 Å². The molecule has 1 heterocycles. The fourth-order valence-electron chi connectivity index (χ4n) is 2.65. The number of benzene rings is 2. The minimum atomic E-state index is -0.251. The van der Waals surface area contributed by atoms with Gasteiger partial charge in [0.2, 0.25) is 5.91 Å². The maximum absolute atomic E-state index is 12.1. The van der Waals surface area contributed by atoms with Crippen LogP contribution in [0.5, 0.6) is 0 Å². The van der Waals surface area contributed by atoms with Crippen LogP contribution in [0.3, 0.4) is 0 Å². The highest BCUT2D eigenvalue weighted by Crippen LogP contribution is 2.27. The molecule has 1 aliphatic rings. The lowest BCUT2D eigenvalue weighted by Gasteiger charge is -2.18. The number of hydrogen-bond acceptors (Lipinski definition) is 2. The molecular formula is C18H18N2O2. The van der Waals surface area contributed by atoms with Crippen molar-refractivity contribution in [3.05, 3.63) is 71.3 Å². The first-order valence-electron chi connectivity index (χ1n) is 7.36. The Morgan fingerprint density at radius 2 is 1.77 bits per heavy atom. The van der Waals surface area contributed by atoms with Gasteiger partial charge in [0, 0.05) is 24.4 Å². The third-order valence-electron chi connectivity index (χ3n) is 3.95. The van der Waals surface area contributed by atoms with Gasteiger partial charge in [-0.3, -0.25) is 20.0 Å². The number of hydrazine groups is 1. The summed E-state index contributed by atoms with van der Waals surface area (Å²) in [5, 5.41) is 1.43. The van der Waals surface area contributed by atoms with E-state index in [-0.39, 0.29) is 17.7 Å². The number of aryl methyl sites for hydroxylation is 1. The van der Waals surface area contributed by atoms with Crippen LogP contribution < -0.4 is 5.43 Å². The Morgan fingerprint density at radius 1 is 1.09 bits per heavy atom. The second-order valence-electron chi connectivity index (χ2n) is 5.62. The molecule has 0 bridgehead atoms. The maximum atomic E-state index is 12.1. The van der Waals surface area contributed by atoms with Crippen LogP contribution in [0.1, 0.15) is 33.8 Å². The standard InChI is InChI=1S/C18H18N2O2/c1-13-7-9-14(10-8-13)16-11-17(21)20(12-16)19-18(22)15-5-3-2-4-6-15/h2-10,16H,11-12H2,1H3,(H,19,22). The lowest BCUT2D eigenvalue weighted by atomic mass is 9.97. The third-order valence-corrected chi connectivity index (χ3v) is 3.95. The molecule has 1 saturated heterocycles. The van der Waals surface area contributed by atoms with Crippen LogP contribution in [-0.2, 0) is 4.79 Å². The number of amides is 2. The molecule has 0 aromatic heterocycles. The van der Waals surface area contributed by atoms with Gasteiger partial charge in [-0.05, 0) is 24.6 Å². The molecule has 2 aromatic rings. The van der Waals surface area contributed by atoms with Gasteiger partial charge in [-0.25, -0.2) is 0 Å². The summed E-state index contributed by atoms with van der Waals surface area (Å²) in [4.78, 5) is 24.2. The lowest BCUT2D eigenvalue weighted by molar-refractivity contribution is -0.129. The molecule has 1 unspecified atom stereocenters. The highest BCUT2D eigenvalue weighted by molar-refractivity contribution is 5.95. The Labute approximate surface area is 129 Å². The number of carbonyl (C=O) groups excluding carboxylic acids is 2. The van der Waals surface area contributed by atoms with Gasteiger partial charge < -0.3 is 0 Å². The molecule has 2 amide bonds. The summed E-state index contributed by atoms with van der Waals surface area (Å²) in [6, 6.07) is 17.1. The summed E-state index contributed by atoms with van der Waals surface area (Å²) in [6.45, 7) is 2.55. The number of hydrogen-bond donors (Lipinski definition) is 1. The lowest BCUT2D eigenvalue weighted by Crippen LogP contribution is -2.43. The van der Waals surface area contributed by atoms with Crippen molar-refractivity contribution >= 4 is 11.8 Å². The molecular weight excluding hydrogens is 276 g/mol. The van der Waals surface area contributed by atoms with Gasteiger partial charge >= 0.3 is 0 Å². The fourth-order valence-corrected chi connectivity index (χ4v) is 2.65. The van der Waals surface area contributed by atoms with E-state index in [0.29, 0.717) is 18.5 Å². The minimum Gasteiger partial charge on any atom is -0.273 e. The molecule has 4 nitrogen and oxygen atoms in total. The highest BCUT2D eigenvalue weighted by Gasteiger charge is 2.31. The van der Waals surface area contributed by atoms with E-state index in [1.54, 1.807) is 24.3 Å². The van der Waals surface area contributed by atoms with Crippen molar-refractivity contribution in [2.45, 2.75) is 19.3 Å². The van der Waals surface area contributed by atoms with E-state index in [4.69, 9.17) is 0 Å². The largest absolute Gasteiger partial charge is 0.273 e. The molecule has 2 aromatic carbocycles. The highest BCUT2D eigenvalue weighted by atomic mass is 16.2. The Morgan fingerprint density at radius 3 is 2.45 bits per heavy atom. The summed E-state index contributed by atoms with van der Waals surface area (Å²) in [5.74, 6) is -0.169. The van der Waals surface area contributed by atoms with Crippen LogP contribution in [0.25, 0.3) is 0 Å². The molecule has 1 aliphatic heterocycles. The fraction of sp³-hybridized carbons (Fsp3) is 0.222. The topological polar surface area (TPSA) is 49.4 Å². The second-order valence-corrected chi connectivity index (χ2v) is 5.62. The van der Waals surface area contributed by atoms with E-state index in [0.717, 1.165) is 5.56 Å². The SMILES string of the molecule is Cc1ccc(C2CC(=O)N(NC(=O)c3ccccc3)C2)cc1. The van der Waals surface area contributed by atoms with E-state index < -0.39 is 0 Å². The van der Waals surface area contributed by atoms with Crippen molar-refractivity contribution in [3.63, 3.8) is 0 Å².